The summed E-state index contributed by atoms with van der Waals surface area (Å²) < 4.78 is 39.8. The average Bonchev–Trinajstić information content (AvgIpc) is 2.85. The highest BCUT2D eigenvalue weighted by atomic mass is 35.5. The number of halogens is 4. The summed E-state index contributed by atoms with van der Waals surface area (Å²) in [7, 11) is 1.61. The van der Waals surface area contributed by atoms with Crippen LogP contribution in [0.1, 0.15) is 12.5 Å². The van der Waals surface area contributed by atoms with E-state index in [-0.39, 0.29) is 5.69 Å². The van der Waals surface area contributed by atoms with E-state index in [1.54, 1.807) is 14.0 Å². The van der Waals surface area contributed by atoms with E-state index in [9.17, 15) is 18.0 Å². The monoisotopic (exact) mass is 365 g/mol. The molecule has 2 rings (SSSR count). The van der Waals surface area contributed by atoms with E-state index in [2.05, 4.69) is 20.8 Å². The van der Waals surface area contributed by atoms with Gasteiger partial charge in [-0.15, -0.1) is 5.10 Å². The Labute approximate surface area is 138 Å². The molecule has 11 heteroatoms. The predicted molar refractivity (Wildman–Crippen MR) is 79.2 cm³/mol. The molecule has 0 fully saturated rings. The lowest BCUT2D eigenvalue weighted by molar-refractivity contribution is -0.137. The molecule has 0 unspecified atom stereocenters. The molecule has 6 nitrogen and oxygen atoms in total. The lowest BCUT2D eigenvalue weighted by Gasteiger charge is -2.14. The molecule has 1 atom stereocenters. The van der Waals surface area contributed by atoms with Crippen molar-refractivity contribution in [3.63, 3.8) is 0 Å². The number of benzene rings is 1. The summed E-state index contributed by atoms with van der Waals surface area (Å²) >= 11 is 6.61. The molecule has 0 spiro atoms. The molecule has 1 aromatic heterocycles. The maximum Gasteiger partial charge on any atom is 0.417 e. The number of rotatable bonds is 4. The molecule has 1 heterocycles. The Morgan fingerprint density at radius 1 is 1.43 bits per heavy atom. The first kappa shape index (κ1) is 17.5. The van der Waals surface area contributed by atoms with Crippen molar-refractivity contribution in [2.75, 3.05) is 5.32 Å². The van der Waals surface area contributed by atoms with Gasteiger partial charge in [-0.25, -0.2) is 4.68 Å². The molecule has 1 aromatic carbocycles. The normalized spacial score (nSPS) is 13.0. The van der Waals surface area contributed by atoms with E-state index in [4.69, 9.17) is 11.6 Å². The van der Waals surface area contributed by atoms with E-state index >= 15 is 0 Å². The number of hydrogen-bond donors (Lipinski definition) is 1. The smallest absolute Gasteiger partial charge is 0.325 e. The zero-order valence-corrected chi connectivity index (χ0v) is 13.5. The van der Waals surface area contributed by atoms with Crippen LogP contribution in [0.4, 0.5) is 18.9 Å². The molecular weight excluding hydrogens is 355 g/mol. The second-order valence-electron chi connectivity index (χ2n) is 4.53. The van der Waals surface area contributed by atoms with Crippen molar-refractivity contribution in [2.45, 2.75) is 23.5 Å². The highest BCUT2D eigenvalue weighted by molar-refractivity contribution is 8.00. The van der Waals surface area contributed by atoms with Crippen LogP contribution in [0.3, 0.4) is 0 Å². The molecule has 0 radical (unpaired) electrons. The number of hydrogen-bond acceptors (Lipinski definition) is 5. The molecule has 0 saturated carbocycles. The van der Waals surface area contributed by atoms with E-state index in [0.29, 0.717) is 5.16 Å². The van der Waals surface area contributed by atoms with Crippen molar-refractivity contribution in [3.8, 4) is 0 Å². The first-order valence-electron chi connectivity index (χ1n) is 6.25. The molecule has 0 bridgehead atoms. The quantitative estimate of drug-likeness (QED) is 0.843. The van der Waals surface area contributed by atoms with Crippen molar-refractivity contribution in [2.24, 2.45) is 7.05 Å². The van der Waals surface area contributed by atoms with Gasteiger partial charge in [0.15, 0.2) is 0 Å². The number of aryl methyl sites for hydroxylation is 1. The molecule has 0 saturated heterocycles. The van der Waals surface area contributed by atoms with E-state index in [1.807, 2.05) is 0 Å². The van der Waals surface area contributed by atoms with Crippen molar-refractivity contribution < 1.29 is 18.0 Å². The van der Waals surface area contributed by atoms with Crippen LogP contribution >= 0.6 is 23.4 Å². The van der Waals surface area contributed by atoms with E-state index in [0.717, 1.165) is 23.9 Å². The standard InChI is InChI=1S/C12H11ClF3N5OS/c1-6(23-11-18-19-20-21(11)2)10(22)17-7-3-4-9(13)8(5-7)12(14,15)16/h3-6H,1-2H3,(H,17,22)/t6-/m1/s1. The van der Waals surface area contributed by atoms with Crippen LogP contribution in [0.25, 0.3) is 0 Å². The average molecular weight is 366 g/mol. The summed E-state index contributed by atoms with van der Waals surface area (Å²) in [5, 5.41) is 12.6. The van der Waals surface area contributed by atoms with Crippen molar-refractivity contribution >= 4 is 35.0 Å². The number of alkyl halides is 3. The Kier molecular flexibility index (Phi) is 5.15. The number of carbonyl (C=O) groups excluding carboxylic acids is 1. The van der Waals surface area contributed by atoms with Crippen LogP contribution in [0.15, 0.2) is 23.4 Å². The van der Waals surface area contributed by atoms with Gasteiger partial charge in [-0.2, -0.15) is 13.2 Å². The summed E-state index contributed by atoms with van der Waals surface area (Å²) in [5.41, 5.74) is -0.995. The second-order valence-corrected chi connectivity index (χ2v) is 6.24. The molecule has 0 aliphatic heterocycles. The number of aromatic nitrogens is 4. The lowest BCUT2D eigenvalue weighted by Crippen LogP contribution is -2.23. The second kappa shape index (κ2) is 6.75. The maximum absolute atomic E-state index is 12.8. The zero-order chi connectivity index (χ0) is 17.2. The summed E-state index contributed by atoms with van der Waals surface area (Å²) in [6.45, 7) is 1.59. The number of tetrazole rings is 1. The van der Waals surface area contributed by atoms with Crippen LogP contribution in [-0.2, 0) is 18.0 Å². The minimum absolute atomic E-state index is 0.00950. The summed E-state index contributed by atoms with van der Waals surface area (Å²) in [5.74, 6) is -0.478. The molecule has 23 heavy (non-hydrogen) atoms. The fourth-order valence-corrected chi connectivity index (χ4v) is 2.58. The summed E-state index contributed by atoms with van der Waals surface area (Å²) in [6, 6.07) is 3.18. The minimum atomic E-state index is -4.59. The predicted octanol–water partition coefficient (Wildman–Crippen LogP) is 3.00. The van der Waals surface area contributed by atoms with Crippen LogP contribution in [-0.4, -0.2) is 31.4 Å². The van der Waals surface area contributed by atoms with Gasteiger partial charge >= 0.3 is 6.18 Å². The summed E-state index contributed by atoms with van der Waals surface area (Å²) in [4.78, 5) is 12.1. The SMILES string of the molecule is C[C@@H](Sc1nnnn1C)C(=O)Nc1ccc(Cl)c(C(F)(F)F)c1. The fourth-order valence-electron chi connectivity index (χ4n) is 1.60. The Morgan fingerprint density at radius 2 is 2.13 bits per heavy atom. The third-order valence-electron chi connectivity index (χ3n) is 2.77. The molecular formula is C12H11ClF3N5OS. The van der Waals surface area contributed by atoms with Crippen molar-refractivity contribution in [1.29, 1.82) is 0 Å². The number of nitrogens with one attached hydrogen (secondary N) is 1. The van der Waals surface area contributed by atoms with Gasteiger partial charge in [0.2, 0.25) is 11.1 Å². The van der Waals surface area contributed by atoms with Gasteiger partial charge in [-0.3, -0.25) is 4.79 Å². The third kappa shape index (κ3) is 4.35. The van der Waals surface area contributed by atoms with Crippen LogP contribution < -0.4 is 5.32 Å². The van der Waals surface area contributed by atoms with Crippen molar-refractivity contribution in [3.05, 3.63) is 28.8 Å². The number of carbonyl (C=O) groups is 1. The summed E-state index contributed by atoms with van der Waals surface area (Å²) in [6.07, 6.45) is -4.59. The third-order valence-corrected chi connectivity index (χ3v) is 4.23. The molecule has 1 amide bonds. The first-order chi connectivity index (χ1) is 10.7. The molecule has 0 aliphatic carbocycles. The van der Waals surface area contributed by atoms with Crippen LogP contribution in [0.5, 0.6) is 0 Å². The Balaban J connectivity index is 2.09. The Bertz CT molecular complexity index is 721. The van der Waals surface area contributed by atoms with Gasteiger partial charge in [0.25, 0.3) is 0 Å². The van der Waals surface area contributed by atoms with Gasteiger partial charge in [0, 0.05) is 12.7 Å². The van der Waals surface area contributed by atoms with E-state index in [1.165, 1.54) is 10.7 Å². The Morgan fingerprint density at radius 3 is 2.70 bits per heavy atom. The lowest BCUT2D eigenvalue weighted by atomic mass is 10.2. The minimum Gasteiger partial charge on any atom is -0.325 e. The Hall–Kier alpha value is -1.81. The van der Waals surface area contributed by atoms with Crippen LogP contribution in [0, 0.1) is 0 Å². The zero-order valence-electron chi connectivity index (χ0n) is 11.9. The fraction of sp³-hybridized carbons (Fsp3) is 0.333. The number of nitrogens with zero attached hydrogens (tertiary/aromatic N) is 4. The highest BCUT2D eigenvalue weighted by Crippen LogP contribution is 2.36. The number of amides is 1. The molecule has 124 valence electrons. The first-order valence-corrected chi connectivity index (χ1v) is 7.51. The number of thioether (sulfide) groups is 1. The van der Waals surface area contributed by atoms with Gasteiger partial charge < -0.3 is 5.32 Å². The van der Waals surface area contributed by atoms with Gasteiger partial charge in [0.05, 0.1) is 15.8 Å². The topological polar surface area (TPSA) is 72.7 Å². The van der Waals surface area contributed by atoms with Gasteiger partial charge in [-0.1, -0.05) is 23.4 Å². The highest BCUT2D eigenvalue weighted by Gasteiger charge is 2.33. The molecule has 1 N–H and O–H groups in total. The van der Waals surface area contributed by atoms with Gasteiger partial charge in [0.1, 0.15) is 0 Å². The molecule has 2 aromatic rings. The largest absolute Gasteiger partial charge is 0.417 e. The van der Waals surface area contributed by atoms with Crippen LogP contribution in [0.2, 0.25) is 5.02 Å². The van der Waals surface area contributed by atoms with E-state index < -0.39 is 27.9 Å². The van der Waals surface area contributed by atoms with Crippen molar-refractivity contribution in [1.82, 2.24) is 20.2 Å². The maximum atomic E-state index is 12.8. The number of anilines is 1. The van der Waals surface area contributed by atoms with Gasteiger partial charge in [-0.05, 0) is 35.5 Å². The molecule has 0 aliphatic rings.